The van der Waals surface area contributed by atoms with Crippen LogP contribution in [0.1, 0.15) is 5.56 Å². The summed E-state index contributed by atoms with van der Waals surface area (Å²) in [5.41, 5.74) is 1.21. The lowest BCUT2D eigenvalue weighted by molar-refractivity contribution is -0.115. The number of nitrogens with one attached hydrogen (secondary N) is 1. The van der Waals surface area contributed by atoms with E-state index >= 15 is 0 Å². The lowest BCUT2D eigenvalue weighted by Crippen LogP contribution is -2.17. The number of amides is 2. The normalized spacial score (nSPS) is 16.0. The molecule has 0 radical (unpaired) electrons. The van der Waals surface area contributed by atoms with E-state index in [9.17, 15) is 14.7 Å². The molecule has 0 aromatic heterocycles. The summed E-state index contributed by atoms with van der Waals surface area (Å²) in [6, 6.07) is 9.33. The van der Waals surface area contributed by atoms with Crippen molar-refractivity contribution in [3.05, 3.63) is 56.9 Å². The average Bonchev–Trinajstić information content (AvgIpc) is 2.87. The van der Waals surface area contributed by atoms with Crippen molar-refractivity contribution in [3.63, 3.8) is 0 Å². The first-order valence-corrected chi connectivity index (χ1v) is 8.44. The fraction of sp³-hybridized carbons (Fsp3) is 0. The largest absolute Gasteiger partial charge is 0.507 e. The number of imide groups is 1. The smallest absolute Gasteiger partial charge is 0.290 e. The molecule has 1 aliphatic heterocycles. The van der Waals surface area contributed by atoms with Gasteiger partial charge in [0.25, 0.3) is 11.1 Å². The molecule has 2 amide bonds. The van der Waals surface area contributed by atoms with E-state index in [1.807, 2.05) is 0 Å². The Hall–Kier alpha value is -2.35. The molecule has 1 aliphatic rings. The van der Waals surface area contributed by atoms with E-state index in [4.69, 9.17) is 23.2 Å². The van der Waals surface area contributed by atoms with Crippen LogP contribution in [0.3, 0.4) is 0 Å². The van der Waals surface area contributed by atoms with Crippen molar-refractivity contribution in [2.45, 2.75) is 0 Å². The highest BCUT2D eigenvalue weighted by molar-refractivity contribution is 8.18. The molecule has 25 heavy (non-hydrogen) atoms. The molecule has 0 atom stereocenters. The van der Waals surface area contributed by atoms with Crippen LogP contribution in [-0.4, -0.2) is 16.3 Å². The molecule has 2 aromatic carbocycles. The van der Waals surface area contributed by atoms with Crippen molar-refractivity contribution in [2.24, 2.45) is 10.2 Å². The molecule has 1 heterocycles. The SMILES string of the molecule is O=C1NC(=O)/C(=C/c2cc(N=Nc3ccc(Cl)cc3Cl)ccc2O)S1. The number of phenols is 1. The topological polar surface area (TPSA) is 91.1 Å². The summed E-state index contributed by atoms with van der Waals surface area (Å²) in [5.74, 6) is -0.557. The molecule has 6 nitrogen and oxygen atoms in total. The Labute approximate surface area is 156 Å². The first kappa shape index (κ1) is 17.5. The van der Waals surface area contributed by atoms with Gasteiger partial charge in [0.15, 0.2) is 0 Å². The van der Waals surface area contributed by atoms with Gasteiger partial charge in [-0.05, 0) is 54.2 Å². The van der Waals surface area contributed by atoms with Gasteiger partial charge in [-0.1, -0.05) is 23.2 Å². The number of carbonyl (C=O) groups excluding carboxylic acids is 2. The summed E-state index contributed by atoms with van der Waals surface area (Å²) >= 11 is 12.6. The van der Waals surface area contributed by atoms with Gasteiger partial charge in [0, 0.05) is 10.6 Å². The molecule has 9 heteroatoms. The van der Waals surface area contributed by atoms with Crippen molar-refractivity contribution in [2.75, 3.05) is 0 Å². The fourth-order valence-electron chi connectivity index (χ4n) is 1.96. The monoisotopic (exact) mass is 393 g/mol. The number of aromatic hydroxyl groups is 1. The van der Waals surface area contributed by atoms with Gasteiger partial charge >= 0.3 is 0 Å². The van der Waals surface area contributed by atoms with Crippen molar-refractivity contribution < 1.29 is 14.7 Å². The summed E-state index contributed by atoms with van der Waals surface area (Å²) in [6.45, 7) is 0. The number of hydrogen-bond donors (Lipinski definition) is 2. The maximum absolute atomic E-state index is 11.6. The molecule has 0 bridgehead atoms. The predicted octanol–water partition coefficient (Wildman–Crippen LogP) is 5.44. The zero-order valence-corrected chi connectivity index (χ0v) is 14.7. The summed E-state index contributed by atoms with van der Waals surface area (Å²) in [4.78, 5) is 23.0. The lowest BCUT2D eigenvalue weighted by atomic mass is 10.1. The first-order valence-electron chi connectivity index (χ1n) is 6.87. The van der Waals surface area contributed by atoms with E-state index in [1.54, 1.807) is 24.3 Å². The van der Waals surface area contributed by atoms with Crippen LogP contribution in [0.15, 0.2) is 51.5 Å². The Morgan fingerprint density at radius 1 is 1.08 bits per heavy atom. The van der Waals surface area contributed by atoms with Gasteiger partial charge in [-0.2, -0.15) is 5.11 Å². The van der Waals surface area contributed by atoms with E-state index in [2.05, 4.69) is 15.5 Å². The molecule has 2 aromatic rings. The summed E-state index contributed by atoms with van der Waals surface area (Å²) in [7, 11) is 0. The number of azo groups is 1. The molecular formula is C16H9Cl2N3O3S. The molecule has 0 spiro atoms. The third-order valence-corrected chi connectivity index (χ3v) is 4.47. The number of benzene rings is 2. The highest BCUT2D eigenvalue weighted by atomic mass is 35.5. The van der Waals surface area contributed by atoms with Gasteiger partial charge in [0.2, 0.25) is 0 Å². The van der Waals surface area contributed by atoms with Crippen LogP contribution in [0.5, 0.6) is 5.75 Å². The zero-order chi connectivity index (χ0) is 18.0. The van der Waals surface area contributed by atoms with Gasteiger partial charge in [-0.3, -0.25) is 14.9 Å². The molecule has 0 unspecified atom stereocenters. The molecule has 0 saturated carbocycles. The molecule has 0 aliphatic carbocycles. The minimum absolute atomic E-state index is 0.0521. The minimum atomic E-state index is -0.505. The highest BCUT2D eigenvalue weighted by Gasteiger charge is 2.25. The van der Waals surface area contributed by atoms with Crippen LogP contribution in [0.4, 0.5) is 16.2 Å². The second kappa shape index (κ2) is 7.26. The zero-order valence-electron chi connectivity index (χ0n) is 12.4. The number of rotatable bonds is 3. The second-order valence-corrected chi connectivity index (χ2v) is 6.75. The number of hydrogen-bond acceptors (Lipinski definition) is 6. The molecule has 3 rings (SSSR count). The van der Waals surface area contributed by atoms with E-state index in [-0.39, 0.29) is 10.7 Å². The Bertz CT molecular complexity index is 944. The molecule has 1 fully saturated rings. The Balaban J connectivity index is 1.89. The number of carbonyl (C=O) groups is 2. The van der Waals surface area contributed by atoms with Gasteiger partial charge in [-0.15, -0.1) is 5.11 Å². The van der Waals surface area contributed by atoms with Gasteiger partial charge in [0.05, 0.1) is 15.6 Å². The third-order valence-electron chi connectivity index (χ3n) is 3.12. The molecular weight excluding hydrogens is 385 g/mol. The van der Waals surface area contributed by atoms with E-state index < -0.39 is 11.1 Å². The molecule has 1 saturated heterocycles. The summed E-state index contributed by atoms with van der Waals surface area (Å²) in [6.07, 6.45) is 1.41. The quantitative estimate of drug-likeness (QED) is 0.536. The number of halogens is 2. The molecule has 126 valence electrons. The third kappa shape index (κ3) is 4.19. The van der Waals surface area contributed by atoms with Crippen molar-refractivity contribution in [3.8, 4) is 5.75 Å². The van der Waals surface area contributed by atoms with Crippen LogP contribution < -0.4 is 5.32 Å². The number of phenolic OH excluding ortho intramolecular Hbond substituents is 1. The van der Waals surface area contributed by atoms with E-state index in [0.29, 0.717) is 27.0 Å². The lowest BCUT2D eigenvalue weighted by Gasteiger charge is -2.02. The van der Waals surface area contributed by atoms with Gasteiger partial charge < -0.3 is 5.11 Å². The maximum atomic E-state index is 11.6. The first-order chi connectivity index (χ1) is 11.9. The number of nitrogens with zero attached hydrogens (tertiary/aromatic N) is 2. The van der Waals surface area contributed by atoms with Gasteiger partial charge in [-0.25, -0.2) is 0 Å². The summed E-state index contributed by atoms with van der Waals surface area (Å²) < 4.78 is 0. The predicted molar refractivity (Wildman–Crippen MR) is 97.9 cm³/mol. The van der Waals surface area contributed by atoms with Crippen molar-refractivity contribution in [1.29, 1.82) is 0 Å². The highest BCUT2D eigenvalue weighted by Crippen LogP contribution is 2.33. The average molecular weight is 394 g/mol. The van der Waals surface area contributed by atoms with Crippen LogP contribution in [0, 0.1) is 0 Å². The Morgan fingerprint density at radius 2 is 1.88 bits per heavy atom. The fourth-order valence-corrected chi connectivity index (χ4v) is 3.08. The van der Waals surface area contributed by atoms with Crippen molar-refractivity contribution in [1.82, 2.24) is 5.32 Å². The van der Waals surface area contributed by atoms with E-state index in [1.165, 1.54) is 18.2 Å². The maximum Gasteiger partial charge on any atom is 0.290 e. The van der Waals surface area contributed by atoms with Crippen LogP contribution in [0.25, 0.3) is 6.08 Å². The Kier molecular flexibility index (Phi) is 5.08. The van der Waals surface area contributed by atoms with Crippen LogP contribution >= 0.6 is 35.0 Å². The van der Waals surface area contributed by atoms with E-state index in [0.717, 1.165) is 11.8 Å². The van der Waals surface area contributed by atoms with Gasteiger partial charge in [0.1, 0.15) is 11.4 Å². The molecule has 2 N–H and O–H groups in total. The van der Waals surface area contributed by atoms with Crippen molar-refractivity contribution >= 4 is 63.6 Å². The van der Waals surface area contributed by atoms with Crippen LogP contribution in [0.2, 0.25) is 10.0 Å². The number of thioether (sulfide) groups is 1. The standard InChI is InChI=1S/C16H9Cl2N3O3S/c17-9-1-3-12(11(18)7-9)21-20-10-2-4-13(22)8(5-10)6-14-15(23)19-16(24)25-14/h1-7,22H,(H,19,23,24)/b14-6-,21-20?. The second-order valence-electron chi connectivity index (χ2n) is 4.89. The minimum Gasteiger partial charge on any atom is -0.507 e. The summed E-state index contributed by atoms with van der Waals surface area (Å²) in [5, 5.41) is 20.6. The Morgan fingerprint density at radius 3 is 2.56 bits per heavy atom. The van der Waals surface area contributed by atoms with Crippen LogP contribution in [-0.2, 0) is 4.79 Å².